The monoisotopic (exact) mass is 263 g/mol. The molecule has 1 aromatic carbocycles. The van der Waals surface area contributed by atoms with Gasteiger partial charge in [-0.2, -0.15) is 0 Å². The predicted molar refractivity (Wildman–Crippen MR) is 74.6 cm³/mol. The van der Waals surface area contributed by atoms with Gasteiger partial charge in [-0.15, -0.1) is 0 Å². The fraction of sp³-hybridized carbons (Fsp3) is 0.533. The number of carbonyl (C=O) groups is 1. The van der Waals surface area contributed by atoms with Crippen molar-refractivity contribution < 1.29 is 14.6 Å². The first-order valence-corrected chi connectivity index (χ1v) is 6.73. The van der Waals surface area contributed by atoms with Gasteiger partial charge in [0.1, 0.15) is 6.54 Å². The Morgan fingerprint density at radius 3 is 2.58 bits per heavy atom. The molecular weight excluding hydrogens is 242 g/mol. The highest BCUT2D eigenvalue weighted by Crippen LogP contribution is 2.23. The van der Waals surface area contributed by atoms with Gasteiger partial charge in [-0.25, -0.2) is 0 Å². The maximum atomic E-state index is 11.0. The summed E-state index contributed by atoms with van der Waals surface area (Å²) in [7, 11) is 0. The fourth-order valence-electron chi connectivity index (χ4n) is 2.45. The Bertz CT molecular complexity index is 430. The normalized spacial score (nSPS) is 22.4. The zero-order valence-electron chi connectivity index (χ0n) is 11.5. The number of carboxylic acid groups (broad SMARTS) is 1. The standard InChI is InChI=1S/C15H21NO3/c1-11-3-6-13(7-4-11)16(10-15(17)18)9-14-8-5-12(2)19-14/h3-4,6-7,12,14H,5,8-10H2,1-2H3,(H,17,18). The van der Waals surface area contributed by atoms with Crippen LogP contribution in [-0.2, 0) is 9.53 Å². The van der Waals surface area contributed by atoms with E-state index in [1.165, 1.54) is 5.56 Å². The van der Waals surface area contributed by atoms with Crippen LogP contribution >= 0.6 is 0 Å². The van der Waals surface area contributed by atoms with Gasteiger partial charge in [-0.3, -0.25) is 4.79 Å². The second-order valence-corrected chi connectivity index (χ2v) is 5.26. The maximum absolute atomic E-state index is 11.0. The Hall–Kier alpha value is -1.55. The molecule has 0 saturated carbocycles. The number of anilines is 1. The van der Waals surface area contributed by atoms with Crippen LogP contribution in [0.1, 0.15) is 25.3 Å². The molecule has 19 heavy (non-hydrogen) atoms. The summed E-state index contributed by atoms with van der Waals surface area (Å²) in [6.45, 7) is 4.73. The summed E-state index contributed by atoms with van der Waals surface area (Å²) in [6.07, 6.45) is 2.48. The molecule has 1 N–H and O–H groups in total. The quantitative estimate of drug-likeness (QED) is 0.886. The highest BCUT2D eigenvalue weighted by atomic mass is 16.5. The van der Waals surface area contributed by atoms with Crippen LogP contribution in [0.3, 0.4) is 0 Å². The van der Waals surface area contributed by atoms with Gasteiger partial charge in [-0.05, 0) is 38.8 Å². The third kappa shape index (κ3) is 3.96. The summed E-state index contributed by atoms with van der Waals surface area (Å²) < 4.78 is 5.78. The molecule has 4 nitrogen and oxygen atoms in total. The minimum atomic E-state index is -0.813. The molecule has 2 unspecified atom stereocenters. The van der Waals surface area contributed by atoms with E-state index in [0.29, 0.717) is 6.54 Å². The molecule has 1 heterocycles. The Balaban J connectivity index is 2.07. The number of aryl methyl sites for hydroxylation is 1. The Labute approximate surface area is 114 Å². The van der Waals surface area contributed by atoms with Crippen LogP contribution in [0.15, 0.2) is 24.3 Å². The highest BCUT2D eigenvalue weighted by molar-refractivity contribution is 5.73. The molecule has 2 rings (SSSR count). The molecule has 1 saturated heterocycles. The summed E-state index contributed by atoms with van der Waals surface area (Å²) in [5, 5.41) is 9.04. The number of benzene rings is 1. The zero-order valence-corrected chi connectivity index (χ0v) is 11.5. The van der Waals surface area contributed by atoms with Crippen molar-refractivity contribution in [2.75, 3.05) is 18.0 Å². The van der Waals surface area contributed by atoms with E-state index in [1.54, 1.807) is 0 Å². The lowest BCUT2D eigenvalue weighted by Gasteiger charge is -2.26. The second-order valence-electron chi connectivity index (χ2n) is 5.26. The third-order valence-electron chi connectivity index (χ3n) is 3.47. The van der Waals surface area contributed by atoms with Crippen molar-refractivity contribution in [2.45, 2.75) is 38.9 Å². The van der Waals surface area contributed by atoms with Crippen LogP contribution in [0, 0.1) is 6.92 Å². The van der Waals surface area contributed by atoms with Crippen molar-refractivity contribution in [1.82, 2.24) is 0 Å². The topological polar surface area (TPSA) is 49.8 Å². The number of hydrogen-bond donors (Lipinski definition) is 1. The first-order chi connectivity index (χ1) is 9.04. The molecule has 1 aliphatic heterocycles. The van der Waals surface area contributed by atoms with E-state index in [4.69, 9.17) is 9.84 Å². The van der Waals surface area contributed by atoms with Crippen molar-refractivity contribution in [3.63, 3.8) is 0 Å². The van der Waals surface area contributed by atoms with Crippen LogP contribution in [0.4, 0.5) is 5.69 Å². The maximum Gasteiger partial charge on any atom is 0.323 e. The van der Waals surface area contributed by atoms with Gasteiger partial charge >= 0.3 is 5.97 Å². The summed E-state index contributed by atoms with van der Waals surface area (Å²) in [4.78, 5) is 12.9. The Kier molecular flexibility index (Phi) is 4.43. The molecule has 0 amide bonds. The van der Waals surface area contributed by atoms with Crippen LogP contribution in [-0.4, -0.2) is 36.4 Å². The van der Waals surface area contributed by atoms with Gasteiger partial charge in [0.25, 0.3) is 0 Å². The van der Waals surface area contributed by atoms with Gasteiger partial charge in [0.05, 0.1) is 12.2 Å². The van der Waals surface area contributed by atoms with Crippen molar-refractivity contribution in [2.24, 2.45) is 0 Å². The number of hydrogen-bond acceptors (Lipinski definition) is 3. The number of carboxylic acids is 1. The smallest absolute Gasteiger partial charge is 0.323 e. The fourth-order valence-corrected chi connectivity index (χ4v) is 2.45. The van der Waals surface area contributed by atoms with Gasteiger partial charge < -0.3 is 14.7 Å². The first kappa shape index (κ1) is 13.9. The molecule has 0 radical (unpaired) electrons. The third-order valence-corrected chi connectivity index (χ3v) is 3.47. The number of aliphatic carboxylic acids is 1. The van der Waals surface area contributed by atoms with Crippen LogP contribution in [0.25, 0.3) is 0 Å². The minimum absolute atomic E-state index is 0.0112. The predicted octanol–water partition coefficient (Wildman–Crippen LogP) is 2.45. The average molecular weight is 263 g/mol. The largest absolute Gasteiger partial charge is 0.480 e. The molecule has 1 aromatic rings. The molecule has 4 heteroatoms. The van der Waals surface area contributed by atoms with Crippen molar-refractivity contribution in [3.8, 4) is 0 Å². The summed E-state index contributed by atoms with van der Waals surface area (Å²) in [5.74, 6) is -0.813. The van der Waals surface area contributed by atoms with Crippen molar-refractivity contribution in [1.29, 1.82) is 0 Å². The van der Waals surface area contributed by atoms with Gasteiger partial charge in [0.15, 0.2) is 0 Å². The lowest BCUT2D eigenvalue weighted by molar-refractivity contribution is -0.135. The highest BCUT2D eigenvalue weighted by Gasteiger charge is 2.25. The van der Waals surface area contributed by atoms with E-state index in [9.17, 15) is 4.79 Å². The van der Waals surface area contributed by atoms with Gasteiger partial charge in [0.2, 0.25) is 0 Å². The molecule has 0 aliphatic carbocycles. The van der Waals surface area contributed by atoms with E-state index in [0.717, 1.165) is 18.5 Å². The van der Waals surface area contributed by atoms with E-state index in [1.807, 2.05) is 36.1 Å². The SMILES string of the molecule is Cc1ccc(N(CC(=O)O)CC2CCC(C)O2)cc1. The van der Waals surface area contributed by atoms with Crippen molar-refractivity contribution in [3.05, 3.63) is 29.8 Å². The van der Waals surface area contributed by atoms with Crippen molar-refractivity contribution >= 4 is 11.7 Å². The number of ether oxygens (including phenoxy) is 1. The van der Waals surface area contributed by atoms with E-state index in [-0.39, 0.29) is 18.8 Å². The summed E-state index contributed by atoms with van der Waals surface area (Å²) >= 11 is 0. The number of rotatable bonds is 5. The molecule has 1 aliphatic rings. The Morgan fingerprint density at radius 1 is 1.37 bits per heavy atom. The molecule has 104 valence electrons. The van der Waals surface area contributed by atoms with E-state index >= 15 is 0 Å². The minimum Gasteiger partial charge on any atom is -0.480 e. The zero-order chi connectivity index (χ0) is 13.8. The lowest BCUT2D eigenvalue weighted by Crippen LogP contribution is -2.36. The molecule has 0 spiro atoms. The molecular formula is C15H21NO3. The van der Waals surface area contributed by atoms with Crippen LogP contribution in [0.5, 0.6) is 0 Å². The lowest BCUT2D eigenvalue weighted by atomic mass is 10.1. The second kappa shape index (κ2) is 6.06. The summed E-state index contributed by atoms with van der Waals surface area (Å²) in [6, 6.07) is 7.94. The van der Waals surface area contributed by atoms with Gasteiger partial charge in [-0.1, -0.05) is 17.7 Å². The average Bonchev–Trinajstić information content (AvgIpc) is 2.74. The molecule has 1 fully saturated rings. The van der Waals surface area contributed by atoms with E-state index < -0.39 is 5.97 Å². The molecule has 0 aromatic heterocycles. The number of nitrogens with zero attached hydrogens (tertiary/aromatic N) is 1. The molecule has 0 bridgehead atoms. The molecule has 2 atom stereocenters. The van der Waals surface area contributed by atoms with E-state index in [2.05, 4.69) is 6.92 Å². The van der Waals surface area contributed by atoms with Crippen LogP contribution in [0.2, 0.25) is 0 Å². The Morgan fingerprint density at radius 2 is 2.05 bits per heavy atom. The van der Waals surface area contributed by atoms with Crippen LogP contribution < -0.4 is 4.90 Å². The summed E-state index contributed by atoms with van der Waals surface area (Å²) in [5.41, 5.74) is 2.11. The van der Waals surface area contributed by atoms with Gasteiger partial charge in [0, 0.05) is 12.2 Å². The first-order valence-electron chi connectivity index (χ1n) is 6.73.